The number of nitrogens with one attached hydrogen (secondary N) is 2. The summed E-state index contributed by atoms with van der Waals surface area (Å²) in [7, 11) is 1.89. The van der Waals surface area contributed by atoms with Gasteiger partial charge in [0.2, 0.25) is 5.91 Å². The molecule has 2 N–H and O–H groups in total. The maximum absolute atomic E-state index is 11.8. The van der Waals surface area contributed by atoms with Crippen LogP contribution in [0.3, 0.4) is 0 Å². The summed E-state index contributed by atoms with van der Waals surface area (Å²) in [4.78, 5) is 11.8. The molecule has 0 aromatic heterocycles. The fourth-order valence-electron chi connectivity index (χ4n) is 2.29. The highest BCUT2D eigenvalue weighted by Gasteiger charge is 2.06. The average molecular weight is 317 g/mol. The van der Waals surface area contributed by atoms with Crippen LogP contribution in [0.15, 0.2) is 48.5 Å². The Morgan fingerprint density at radius 2 is 1.82 bits per heavy atom. The van der Waals surface area contributed by atoms with Crippen molar-refractivity contribution in [1.82, 2.24) is 10.6 Å². The molecule has 2 rings (SSSR count). The summed E-state index contributed by atoms with van der Waals surface area (Å²) >= 11 is 5.94. The van der Waals surface area contributed by atoms with Gasteiger partial charge in [-0.3, -0.25) is 4.79 Å². The Kier molecular flexibility index (Phi) is 6.44. The predicted octanol–water partition coefficient (Wildman–Crippen LogP) is 3.62. The zero-order chi connectivity index (χ0) is 15.8. The van der Waals surface area contributed by atoms with Crippen LogP contribution in [0, 0.1) is 0 Å². The monoisotopic (exact) mass is 316 g/mol. The normalized spacial score (nSPS) is 10.5. The summed E-state index contributed by atoms with van der Waals surface area (Å²) in [6.07, 6.45) is 1.39. The Labute approximate surface area is 136 Å². The highest BCUT2D eigenvalue weighted by molar-refractivity contribution is 6.30. The van der Waals surface area contributed by atoms with Gasteiger partial charge in [0.25, 0.3) is 0 Å². The van der Waals surface area contributed by atoms with Crippen molar-refractivity contribution in [2.75, 3.05) is 13.6 Å². The lowest BCUT2D eigenvalue weighted by atomic mass is 10.00. The summed E-state index contributed by atoms with van der Waals surface area (Å²) in [5.74, 6) is 0.0844. The SMILES string of the molecule is CNCCCC(=O)NCc1ccccc1-c1ccc(Cl)cc1. The van der Waals surface area contributed by atoms with Crippen LogP contribution >= 0.6 is 11.6 Å². The highest BCUT2D eigenvalue weighted by Crippen LogP contribution is 2.25. The molecule has 3 nitrogen and oxygen atoms in total. The summed E-state index contributed by atoms with van der Waals surface area (Å²) in [6, 6.07) is 15.8. The van der Waals surface area contributed by atoms with Crippen molar-refractivity contribution in [3.05, 3.63) is 59.1 Å². The lowest BCUT2D eigenvalue weighted by Crippen LogP contribution is -2.23. The van der Waals surface area contributed by atoms with Crippen molar-refractivity contribution >= 4 is 17.5 Å². The third-order valence-corrected chi connectivity index (χ3v) is 3.73. The first kappa shape index (κ1) is 16.5. The second-order valence-electron chi connectivity index (χ2n) is 5.15. The molecule has 0 fully saturated rings. The maximum Gasteiger partial charge on any atom is 0.220 e. The maximum atomic E-state index is 11.8. The van der Waals surface area contributed by atoms with Crippen LogP contribution in [0.1, 0.15) is 18.4 Å². The molecule has 0 aliphatic rings. The van der Waals surface area contributed by atoms with Gasteiger partial charge in [-0.15, -0.1) is 0 Å². The van der Waals surface area contributed by atoms with E-state index in [0.717, 1.165) is 34.7 Å². The van der Waals surface area contributed by atoms with Crippen LogP contribution in [0.2, 0.25) is 5.02 Å². The van der Waals surface area contributed by atoms with Gasteiger partial charge in [-0.05, 0) is 48.8 Å². The fraction of sp³-hybridized carbons (Fsp3) is 0.278. The van der Waals surface area contributed by atoms with Crippen molar-refractivity contribution in [1.29, 1.82) is 0 Å². The lowest BCUT2D eigenvalue weighted by Gasteiger charge is -2.11. The van der Waals surface area contributed by atoms with E-state index in [1.165, 1.54) is 0 Å². The van der Waals surface area contributed by atoms with E-state index in [9.17, 15) is 4.79 Å². The zero-order valence-electron chi connectivity index (χ0n) is 12.7. The third kappa shape index (κ3) is 4.86. The van der Waals surface area contributed by atoms with Gasteiger partial charge in [0, 0.05) is 18.0 Å². The number of hydrogen-bond acceptors (Lipinski definition) is 2. The highest BCUT2D eigenvalue weighted by atomic mass is 35.5. The van der Waals surface area contributed by atoms with E-state index in [1.807, 2.05) is 49.5 Å². The van der Waals surface area contributed by atoms with Crippen molar-refractivity contribution in [2.24, 2.45) is 0 Å². The molecule has 22 heavy (non-hydrogen) atoms. The lowest BCUT2D eigenvalue weighted by molar-refractivity contribution is -0.121. The van der Waals surface area contributed by atoms with Crippen LogP contribution in [-0.2, 0) is 11.3 Å². The summed E-state index contributed by atoms with van der Waals surface area (Å²) in [5, 5.41) is 6.75. The van der Waals surface area contributed by atoms with E-state index in [1.54, 1.807) is 0 Å². The molecule has 1 amide bonds. The first-order valence-corrected chi connectivity index (χ1v) is 7.83. The molecule has 0 saturated carbocycles. The molecule has 0 bridgehead atoms. The predicted molar refractivity (Wildman–Crippen MR) is 91.9 cm³/mol. The van der Waals surface area contributed by atoms with Crippen molar-refractivity contribution in [3.63, 3.8) is 0 Å². The van der Waals surface area contributed by atoms with Gasteiger partial charge >= 0.3 is 0 Å². The smallest absolute Gasteiger partial charge is 0.220 e. The molecule has 0 radical (unpaired) electrons. The molecule has 0 atom stereocenters. The topological polar surface area (TPSA) is 41.1 Å². The number of hydrogen-bond donors (Lipinski definition) is 2. The van der Waals surface area contributed by atoms with Gasteiger partial charge in [0.1, 0.15) is 0 Å². The second kappa shape index (κ2) is 8.57. The van der Waals surface area contributed by atoms with E-state index in [2.05, 4.69) is 16.7 Å². The Morgan fingerprint density at radius 3 is 2.55 bits per heavy atom. The summed E-state index contributed by atoms with van der Waals surface area (Å²) in [5.41, 5.74) is 3.32. The van der Waals surface area contributed by atoms with Crippen molar-refractivity contribution in [3.8, 4) is 11.1 Å². The number of carbonyl (C=O) groups excluding carboxylic acids is 1. The van der Waals surface area contributed by atoms with Crippen molar-refractivity contribution in [2.45, 2.75) is 19.4 Å². The molecular weight excluding hydrogens is 296 g/mol. The van der Waals surface area contributed by atoms with Gasteiger partial charge in [0.15, 0.2) is 0 Å². The minimum atomic E-state index is 0.0844. The van der Waals surface area contributed by atoms with E-state index in [-0.39, 0.29) is 5.91 Å². The quantitative estimate of drug-likeness (QED) is 0.766. The third-order valence-electron chi connectivity index (χ3n) is 3.48. The van der Waals surface area contributed by atoms with Crippen LogP contribution in [-0.4, -0.2) is 19.5 Å². The number of carbonyl (C=O) groups is 1. The van der Waals surface area contributed by atoms with Gasteiger partial charge < -0.3 is 10.6 Å². The zero-order valence-corrected chi connectivity index (χ0v) is 13.5. The Bertz CT molecular complexity index is 611. The molecule has 2 aromatic carbocycles. The second-order valence-corrected chi connectivity index (χ2v) is 5.58. The molecule has 4 heteroatoms. The van der Waals surface area contributed by atoms with Gasteiger partial charge in [0.05, 0.1) is 0 Å². The Balaban J connectivity index is 2.02. The van der Waals surface area contributed by atoms with Crippen LogP contribution < -0.4 is 10.6 Å². The largest absolute Gasteiger partial charge is 0.352 e. The standard InChI is InChI=1S/C18H21ClN2O/c1-20-12-4-7-18(22)21-13-15-5-2-3-6-17(15)14-8-10-16(19)11-9-14/h2-3,5-6,8-11,20H,4,7,12-13H2,1H3,(H,21,22). The molecule has 2 aromatic rings. The molecule has 116 valence electrons. The van der Waals surface area contributed by atoms with E-state index >= 15 is 0 Å². The fourth-order valence-corrected chi connectivity index (χ4v) is 2.42. The van der Waals surface area contributed by atoms with Crippen LogP contribution in [0.25, 0.3) is 11.1 Å². The molecule has 0 heterocycles. The number of benzene rings is 2. The average Bonchev–Trinajstić information content (AvgIpc) is 2.54. The first-order valence-electron chi connectivity index (χ1n) is 7.46. The van der Waals surface area contributed by atoms with Crippen molar-refractivity contribution < 1.29 is 4.79 Å². The Hall–Kier alpha value is -1.84. The number of halogens is 1. The van der Waals surface area contributed by atoms with Crippen LogP contribution in [0.4, 0.5) is 0 Å². The number of rotatable bonds is 7. The minimum Gasteiger partial charge on any atom is -0.352 e. The van der Waals surface area contributed by atoms with Gasteiger partial charge in [-0.2, -0.15) is 0 Å². The molecule has 0 unspecified atom stereocenters. The molecular formula is C18H21ClN2O. The summed E-state index contributed by atoms with van der Waals surface area (Å²) < 4.78 is 0. The molecule has 0 spiro atoms. The van der Waals surface area contributed by atoms with Crippen LogP contribution in [0.5, 0.6) is 0 Å². The molecule has 0 aliphatic heterocycles. The Morgan fingerprint density at radius 1 is 1.09 bits per heavy atom. The molecule has 0 aliphatic carbocycles. The van der Waals surface area contributed by atoms with Gasteiger partial charge in [-0.25, -0.2) is 0 Å². The van der Waals surface area contributed by atoms with E-state index in [0.29, 0.717) is 13.0 Å². The first-order chi connectivity index (χ1) is 10.7. The van der Waals surface area contributed by atoms with Gasteiger partial charge in [-0.1, -0.05) is 48.0 Å². The number of amides is 1. The van der Waals surface area contributed by atoms with E-state index < -0.39 is 0 Å². The minimum absolute atomic E-state index is 0.0844. The summed E-state index contributed by atoms with van der Waals surface area (Å²) in [6.45, 7) is 1.39. The van der Waals surface area contributed by atoms with E-state index in [4.69, 9.17) is 11.6 Å². The molecule has 0 saturated heterocycles.